The number of Topliss-reactive ketones (excluding diaryl/α,β-unsaturated/α-hetero) is 2. The first-order chi connectivity index (χ1) is 5.83. The second kappa shape index (κ2) is 2.94. The van der Waals surface area contributed by atoms with Crippen molar-refractivity contribution in [2.45, 2.75) is 26.7 Å². The molecule has 1 saturated carbocycles. The Kier molecular flexibility index (Phi) is 2.24. The van der Waals surface area contributed by atoms with Gasteiger partial charge in [-0.15, -0.1) is 0 Å². The number of rotatable bonds is 1. The number of ketones is 2. The van der Waals surface area contributed by atoms with E-state index < -0.39 is 23.5 Å². The second-order valence-electron chi connectivity index (χ2n) is 4.22. The van der Waals surface area contributed by atoms with Crippen LogP contribution in [0.5, 0.6) is 0 Å². The molecule has 0 bridgehead atoms. The van der Waals surface area contributed by atoms with Crippen LogP contribution in [0.3, 0.4) is 0 Å². The molecule has 0 radical (unpaired) electrons. The summed E-state index contributed by atoms with van der Waals surface area (Å²) < 4.78 is 0. The number of carbonyl (C=O) groups is 3. The summed E-state index contributed by atoms with van der Waals surface area (Å²) in [4.78, 5) is 33.1. The molecule has 1 rings (SSSR count). The molecule has 1 fully saturated rings. The molecule has 4 nitrogen and oxygen atoms in total. The summed E-state index contributed by atoms with van der Waals surface area (Å²) in [6.07, 6.45) is 0.353. The molecule has 1 aliphatic carbocycles. The number of hydrogen-bond donors (Lipinski definition) is 1. The third-order valence-corrected chi connectivity index (χ3v) is 2.20. The zero-order chi connectivity index (χ0) is 10.2. The van der Waals surface area contributed by atoms with Crippen molar-refractivity contribution in [3.05, 3.63) is 0 Å². The molecule has 13 heavy (non-hydrogen) atoms. The highest BCUT2D eigenvalue weighted by Crippen LogP contribution is 2.33. The molecule has 0 atom stereocenters. The van der Waals surface area contributed by atoms with Gasteiger partial charge in [0.05, 0.1) is 0 Å². The molecule has 0 heterocycles. The van der Waals surface area contributed by atoms with Crippen LogP contribution in [-0.4, -0.2) is 22.6 Å². The Morgan fingerprint density at radius 2 is 1.69 bits per heavy atom. The quantitative estimate of drug-likeness (QED) is 0.607. The average Bonchev–Trinajstić information content (AvgIpc) is 1.78. The molecule has 0 spiro atoms. The Labute approximate surface area is 75.9 Å². The highest BCUT2D eigenvalue weighted by Gasteiger charge is 2.43. The molecule has 4 heteroatoms. The van der Waals surface area contributed by atoms with E-state index in [9.17, 15) is 14.4 Å². The Bertz CT molecular complexity index is 257. The smallest absolute Gasteiger partial charge is 0.321 e. The van der Waals surface area contributed by atoms with Crippen LogP contribution in [0.4, 0.5) is 0 Å². The molecule has 72 valence electrons. The average molecular weight is 184 g/mol. The maximum absolute atomic E-state index is 11.3. The van der Waals surface area contributed by atoms with Gasteiger partial charge in [-0.25, -0.2) is 0 Å². The van der Waals surface area contributed by atoms with Gasteiger partial charge in [-0.1, -0.05) is 13.8 Å². The monoisotopic (exact) mass is 184 g/mol. The van der Waals surface area contributed by atoms with Gasteiger partial charge in [0.1, 0.15) is 0 Å². The first-order valence-corrected chi connectivity index (χ1v) is 4.12. The van der Waals surface area contributed by atoms with Crippen LogP contribution >= 0.6 is 0 Å². The van der Waals surface area contributed by atoms with Gasteiger partial charge >= 0.3 is 5.97 Å². The van der Waals surface area contributed by atoms with Gasteiger partial charge < -0.3 is 5.11 Å². The van der Waals surface area contributed by atoms with E-state index >= 15 is 0 Å². The Morgan fingerprint density at radius 3 is 2.00 bits per heavy atom. The van der Waals surface area contributed by atoms with Gasteiger partial charge in [-0.05, 0) is 5.41 Å². The summed E-state index contributed by atoms with van der Waals surface area (Å²) in [5, 5.41) is 8.61. The summed E-state index contributed by atoms with van der Waals surface area (Å²) in [5.41, 5.74) is -0.375. The van der Waals surface area contributed by atoms with E-state index in [2.05, 4.69) is 0 Å². The lowest BCUT2D eigenvalue weighted by atomic mass is 9.71. The standard InChI is InChI=1S/C9H12O4/c1-9(2)3-5(10)7(8(12)13)6(11)4-9/h7H,3-4H2,1-2H3,(H,12,13). The van der Waals surface area contributed by atoms with Crippen LogP contribution in [0, 0.1) is 11.3 Å². The second-order valence-corrected chi connectivity index (χ2v) is 4.22. The lowest BCUT2D eigenvalue weighted by molar-refractivity contribution is -0.153. The van der Waals surface area contributed by atoms with Crippen molar-refractivity contribution in [2.75, 3.05) is 0 Å². The predicted molar refractivity (Wildman–Crippen MR) is 44.2 cm³/mol. The molecular formula is C9H12O4. The van der Waals surface area contributed by atoms with E-state index in [-0.39, 0.29) is 18.3 Å². The molecule has 0 amide bonds. The van der Waals surface area contributed by atoms with Crippen LogP contribution in [0.15, 0.2) is 0 Å². The van der Waals surface area contributed by atoms with Crippen molar-refractivity contribution in [1.82, 2.24) is 0 Å². The molecule has 0 unspecified atom stereocenters. The summed E-state index contributed by atoms with van der Waals surface area (Å²) in [7, 11) is 0. The lowest BCUT2D eigenvalue weighted by Gasteiger charge is -2.30. The predicted octanol–water partition coefficient (Wildman–Crippen LogP) is 0.645. The molecule has 0 aromatic carbocycles. The highest BCUT2D eigenvalue weighted by molar-refractivity contribution is 6.18. The van der Waals surface area contributed by atoms with E-state index in [1.807, 2.05) is 0 Å². The van der Waals surface area contributed by atoms with Crippen LogP contribution in [0.25, 0.3) is 0 Å². The Morgan fingerprint density at radius 1 is 1.31 bits per heavy atom. The van der Waals surface area contributed by atoms with Crippen LogP contribution in [0.1, 0.15) is 26.7 Å². The largest absolute Gasteiger partial charge is 0.480 e. The van der Waals surface area contributed by atoms with Gasteiger partial charge in [0.15, 0.2) is 17.5 Å². The zero-order valence-electron chi connectivity index (χ0n) is 7.66. The van der Waals surface area contributed by atoms with E-state index in [4.69, 9.17) is 5.11 Å². The summed E-state index contributed by atoms with van der Waals surface area (Å²) in [6, 6.07) is 0. The maximum atomic E-state index is 11.3. The highest BCUT2D eigenvalue weighted by atomic mass is 16.4. The minimum absolute atomic E-state index is 0.176. The van der Waals surface area contributed by atoms with Crippen molar-refractivity contribution < 1.29 is 19.5 Å². The molecule has 0 aromatic rings. The van der Waals surface area contributed by atoms with Crippen molar-refractivity contribution in [1.29, 1.82) is 0 Å². The number of aliphatic carboxylic acids is 1. The topological polar surface area (TPSA) is 71.4 Å². The van der Waals surface area contributed by atoms with Crippen molar-refractivity contribution in [3.63, 3.8) is 0 Å². The first kappa shape index (κ1) is 9.89. The van der Waals surface area contributed by atoms with Gasteiger partial charge in [-0.3, -0.25) is 14.4 Å². The summed E-state index contributed by atoms with van der Waals surface area (Å²) >= 11 is 0. The van der Waals surface area contributed by atoms with Gasteiger partial charge in [0, 0.05) is 12.8 Å². The third-order valence-electron chi connectivity index (χ3n) is 2.20. The van der Waals surface area contributed by atoms with Gasteiger partial charge in [0.25, 0.3) is 0 Å². The number of hydrogen-bond acceptors (Lipinski definition) is 3. The normalized spacial score (nSPS) is 23.2. The molecule has 1 aliphatic rings. The van der Waals surface area contributed by atoms with E-state index in [1.165, 1.54) is 0 Å². The van der Waals surface area contributed by atoms with Crippen LogP contribution < -0.4 is 0 Å². The van der Waals surface area contributed by atoms with Crippen LogP contribution in [-0.2, 0) is 14.4 Å². The minimum Gasteiger partial charge on any atom is -0.480 e. The first-order valence-electron chi connectivity index (χ1n) is 4.12. The SMILES string of the molecule is CC1(C)CC(=O)C(C(=O)O)C(=O)C1. The van der Waals surface area contributed by atoms with E-state index in [0.717, 1.165) is 0 Å². The molecular weight excluding hydrogens is 172 g/mol. The number of carbonyl (C=O) groups excluding carboxylic acids is 2. The fourth-order valence-electron chi connectivity index (χ4n) is 1.66. The summed E-state index contributed by atoms with van der Waals surface area (Å²) in [5.74, 6) is -3.65. The Hall–Kier alpha value is -1.19. The Balaban J connectivity index is 2.89. The maximum Gasteiger partial charge on any atom is 0.321 e. The molecule has 1 N–H and O–H groups in total. The third kappa shape index (κ3) is 1.94. The van der Waals surface area contributed by atoms with Crippen molar-refractivity contribution in [3.8, 4) is 0 Å². The fraction of sp³-hybridized carbons (Fsp3) is 0.667. The summed E-state index contributed by atoms with van der Waals surface area (Å²) in [6.45, 7) is 3.59. The fourth-order valence-corrected chi connectivity index (χ4v) is 1.66. The lowest BCUT2D eigenvalue weighted by Crippen LogP contribution is -2.41. The minimum atomic E-state index is -1.41. The van der Waals surface area contributed by atoms with E-state index in [1.54, 1.807) is 13.8 Å². The van der Waals surface area contributed by atoms with Gasteiger partial charge in [-0.2, -0.15) is 0 Å². The number of carboxylic acids is 1. The van der Waals surface area contributed by atoms with Gasteiger partial charge in [0.2, 0.25) is 0 Å². The number of carboxylic acid groups (broad SMARTS) is 1. The zero-order valence-corrected chi connectivity index (χ0v) is 7.66. The van der Waals surface area contributed by atoms with E-state index in [0.29, 0.717) is 0 Å². The molecule has 0 aliphatic heterocycles. The van der Waals surface area contributed by atoms with Crippen molar-refractivity contribution in [2.24, 2.45) is 11.3 Å². The molecule has 0 aromatic heterocycles. The van der Waals surface area contributed by atoms with Crippen molar-refractivity contribution >= 4 is 17.5 Å². The molecule has 0 saturated heterocycles. The van der Waals surface area contributed by atoms with Crippen LogP contribution in [0.2, 0.25) is 0 Å².